The van der Waals surface area contributed by atoms with Gasteiger partial charge in [-0.2, -0.15) is 16.4 Å². The molecule has 2 aliphatic heterocycles. The fraction of sp³-hybridized carbons (Fsp3) is 0.444. The van der Waals surface area contributed by atoms with Gasteiger partial charge in [0.1, 0.15) is 0 Å². The third-order valence-electron chi connectivity index (χ3n) is 4.73. The monoisotopic (exact) mass is 359 g/mol. The topological polar surface area (TPSA) is 35.9 Å². The molecule has 1 amide bonds. The van der Waals surface area contributed by atoms with Crippen LogP contribution in [0.5, 0.6) is 0 Å². The first kappa shape index (κ1) is 16.0. The summed E-state index contributed by atoms with van der Waals surface area (Å²) in [6.07, 6.45) is 3.89. The minimum atomic E-state index is 0.0611. The van der Waals surface area contributed by atoms with Crippen molar-refractivity contribution >= 4 is 34.3 Å². The van der Waals surface area contributed by atoms with Crippen LogP contribution in [0.3, 0.4) is 0 Å². The fourth-order valence-corrected chi connectivity index (χ4v) is 4.90. The predicted molar refractivity (Wildman–Crippen MR) is 99.7 cm³/mol. The van der Waals surface area contributed by atoms with E-state index < -0.39 is 0 Å². The summed E-state index contributed by atoms with van der Waals surface area (Å²) in [4.78, 5) is 16.4. The zero-order valence-corrected chi connectivity index (χ0v) is 15.2. The molecule has 4 nitrogen and oxygen atoms in total. The number of rotatable bonds is 5. The molecule has 0 saturated carbocycles. The number of carbonyl (C=O) groups is 1. The molecule has 0 radical (unpaired) electrons. The van der Waals surface area contributed by atoms with Crippen LogP contribution in [0, 0.1) is 0 Å². The first-order valence-corrected chi connectivity index (χ1v) is 10.3. The van der Waals surface area contributed by atoms with Gasteiger partial charge in [-0.15, -0.1) is 11.3 Å². The fourth-order valence-electron chi connectivity index (χ4n) is 3.42. The minimum Gasteiger partial charge on any atom is -0.303 e. The summed E-state index contributed by atoms with van der Waals surface area (Å²) in [7, 11) is 0. The summed E-state index contributed by atoms with van der Waals surface area (Å²) >= 11 is 3.38. The van der Waals surface area contributed by atoms with Gasteiger partial charge in [0.25, 0.3) is 0 Å². The Morgan fingerprint density at radius 3 is 2.83 bits per heavy atom. The van der Waals surface area contributed by atoms with Gasteiger partial charge in [-0.25, -0.2) is 5.01 Å². The lowest BCUT2D eigenvalue weighted by Gasteiger charge is -2.22. The van der Waals surface area contributed by atoms with Crippen molar-refractivity contribution in [2.45, 2.75) is 31.7 Å². The Kier molecular flexibility index (Phi) is 4.78. The van der Waals surface area contributed by atoms with E-state index in [4.69, 9.17) is 5.10 Å². The van der Waals surface area contributed by atoms with E-state index >= 15 is 0 Å². The third kappa shape index (κ3) is 3.31. The number of hydrazone groups is 1. The number of hydrogen-bond acceptors (Lipinski definition) is 5. The molecule has 126 valence electrons. The Labute approximate surface area is 150 Å². The summed E-state index contributed by atoms with van der Waals surface area (Å²) in [5.74, 6) is 0.144. The molecule has 0 N–H and O–H groups in total. The van der Waals surface area contributed by atoms with Crippen molar-refractivity contribution in [1.82, 2.24) is 9.91 Å². The van der Waals surface area contributed by atoms with Gasteiger partial charge >= 0.3 is 0 Å². The molecule has 0 bridgehead atoms. The molecule has 1 fully saturated rings. The summed E-state index contributed by atoms with van der Waals surface area (Å²) in [6.45, 7) is 3.12. The smallest absolute Gasteiger partial charge is 0.244 e. The van der Waals surface area contributed by atoms with E-state index in [0.29, 0.717) is 6.42 Å². The molecule has 1 unspecified atom stereocenters. The molecule has 0 aliphatic carbocycles. The third-order valence-corrected chi connectivity index (χ3v) is 6.39. The molecule has 24 heavy (non-hydrogen) atoms. The molecule has 2 aromatic rings. The van der Waals surface area contributed by atoms with Gasteiger partial charge in [0.2, 0.25) is 5.91 Å². The van der Waals surface area contributed by atoms with Crippen LogP contribution >= 0.6 is 22.7 Å². The second kappa shape index (κ2) is 7.17. The molecule has 4 rings (SSSR count). The van der Waals surface area contributed by atoms with Crippen LogP contribution in [0.1, 0.15) is 42.2 Å². The second-order valence-corrected chi connectivity index (χ2v) is 8.09. The number of carbonyl (C=O) groups excluding carboxylic acids is 1. The standard InChI is InChI=1S/C18H21N3OS2/c22-18(5-9-20-7-1-2-8-20)21-16(17-4-3-10-24-17)12-15(19-21)14-6-11-23-13-14/h3-4,6,10-11,13,16H,1-2,5,7-9,12H2. The van der Waals surface area contributed by atoms with Crippen molar-refractivity contribution in [3.8, 4) is 0 Å². The Morgan fingerprint density at radius 1 is 1.25 bits per heavy atom. The van der Waals surface area contributed by atoms with E-state index in [1.165, 1.54) is 17.7 Å². The molecular weight excluding hydrogens is 338 g/mol. The molecule has 0 aromatic carbocycles. The molecule has 1 saturated heterocycles. The second-order valence-electron chi connectivity index (χ2n) is 6.33. The number of nitrogens with zero attached hydrogens (tertiary/aromatic N) is 3. The van der Waals surface area contributed by atoms with Crippen LogP contribution in [0.4, 0.5) is 0 Å². The van der Waals surface area contributed by atoms with Gasteiger partial charge in [0.05, 0.1) is 11.8 Å². The highest BCUT2D eigenvalue weighted by Crippen LogP contribution is 2.35. The van der Waals surface area contributed by atoms with E-state index in [9.17, 15) is 4.79 Å². The molecule has 6 heteroatoms. The average molecular weight is 360 g/mol. The lowest BCUT2D eigenvalue weighted by Crippen LogP contribution is -2.31. The van der Waals surface area contributed by atoms with E-state index in [1.807, 2.05) is 0 Å². The zero-order chi connectivity index (χ0) is 16.4. The van der Waals surface area contributed by atoms with Crippen LogP contribution < -0.4 is 0 Å². The highest BCUT2D eigenvalue weighted by atomic mass is 32.1. The molecule has 0 spiro atoms. The highest BCUT2D eigenvalue weighted by molar-refractivity contribution is 7.10. The van der Waals surface area contributed by atoms with Crippen LogP contribution in [-0.4, -0.2) is 41.2 Å². The summed E-state index contributed by atoms with van der Waals surface area (Å²) < 4.78 is 0. The Morgan fingerprint density at radius 2 is 2.12 bits per heavy atom. The molecular formula is C18H21N3OS2. The van der Waals surface area contributed by atoms with Gasteiger partial charge in [-0.05, 0) is 54.2 Å². The molecule has 4 heterocycles. The molecule has 1 atom stereocenters. The Bertz CT molecular complexity index is 703. The maximum absolute atomic E-state index is 12.8. The van der Waals surface area contributed by atoms with Gasteiger partial charge in [-0.1, -0.05) is 6.07 Å². The minimum absolute atomic E-state index is 0.0611. The van der Waals surface area contributed by atoms with Crippen LogP contribution in [-0.2, 0) is 4.79 Å². The van der Waals surface area contributed by atoms with Crippen molar-refractivity contribution < 1.29 is 4.79 Å². The first-order chi connectivity index (χ1) is 11.8. The highest BCUT2D eigenvalue weighted by Gasteiger charge is 2.33. The zero-order valence-electron chi connectivity index (χ0n) is 13.6. The van der Waals surface area contributed by atoms with Gasteiger partial charge in [0.15, 0.2) is 0 Å². The van der Waals surface area contributed by atoms with Crippen LogP contribution in [0.2, 0.25) is 0 Å². The van der Waals surface area contributed by atoms with E-state index in [0.717, 1.165) is 37.3 Å². The lowest BCUT2D eigenvalue weighted by molar-refractivity contribution is -0.133. The van der Waals surface area contributed by atoms with Crippen molar-refractivity contribution in [3.05, 3.63) is 44.8 Å². The van der Waals surface area contributed by atoms with Crippen molar-refractivity contribution in [2.75, 3.05) is 19.6 Å². The summed E-state index contributed by atoms with van der Waals surface area (Å²) in [6, 6.07) is 6.32. The van der Waals surface area contributed by atoms with Crippen LogP contribution in [0.25, 0.3) is 0 Å². The summed E-state index contributed by atoms with van der Waals surface area (Å²) in [5.41, 5.74) is 2.18. The van der Waals surface area contributed by atoms with Gasteiger partial charge in [0, 0.05) is 29.8 Å². The van der Waals surface area contributed by atoms with Crippen molar-refractivity contribution in [2.24, 2.45) is 5.10 Å². The number of hydrogen-bond donors (Lipinski definition) is 0. The number of thiophene rings is 2. The van der Waals surface area contributed by atoms with Gasteiger partial charge in [-0.3, -0.25) is 4.79 Å². The molecule has 2 aromatic heterocycles. The maximum atomic E-state index is 12.8. The van der Waals surface area contributed by atoms with Crippen molar-refractivity contribution in [3.63, 3.8) is 0 Å². The average Bonchev–Trinajstić information content (AvgIpc) is 3.40. The maximum Gasteiger partial charge on any atom is 0.244 e. The van der Waals surface area contributed by atoms with Gasteiger partial charge < -0.3 is 4.90 Å². The van der Waals surface area contributed by atoms with E-state index in [2.05, 4.69) is 39.2 Å². The summed E-state index contributed by atoms with van der Waals surface area (Å²) in [5, 5.41) is 12.7. The largest absolute Gasteiger partial charge is 0.303 e. The first-order valence-electron chi connectivity index (χ1n) is 8.49. The lowest BCUT2D eigenvalue weighted by atomic mass is 10.1. The normalized spacial score (nSPS) is 21.4. The Balaban J connectivity index is 1.50. The quantitative estimate of drug-likeness (QED) is 0.810. The number of likely N-dealkylation sites (tertiary alicyclic amines) is 1. The predicted octanol–water partition coefficient (Wildman–Crippen LogP) is 3.97. The Hall–Kier alpha value is -1.50. The van der Waals surface area contributed by atoms with E-state index in [1.54, 1.807) is 27.7 Å². The molecule has 2 aliphatic rings. The van der Waals surface area contributed by atoms with Crippen LogP contribution in [0.15, 0.2) is 39.4 Å². The SMILES string of the molecule is O=C(CCN1CCCC1)N1N=C(c2ccsc2)CC1c1cccs1. The number of amides is 1. The van der Waals surface area contributed by atoms with E-state index in [-0.39, 0.29) is 11.9 Å². The van der Waals surface area contributed by atoms with Crippen molar-refractivity contribution in [1.29, 1.82) is 0 Å².